The molecule has 14 nitrogen and oxygen atoms in total. The Kier molecular flexibility index (Phi) is 19.0. The quantitative estimate of drug-likeness (QED) is 0.110. The molecule has 15 heteroatoms. The number of ether oxygens (including phenoxy) is 4. The van der Waals surface area contributed by atoms with Crippen molar-refractivity contribution in [1.29, 1.82) is 0 Å². The Bertz CT molecular complexity index is 2140. The van der Waals surface area contributed by atoms with Crippen LogP contribution < -0.4 is 39.0 Å². The average molecular weight is 948 g/mol. The van der Waals surface area contributed by atoms with Gasteiger partial charge in [0.05, 0.1) is 51.0 Å². The number of nitrogens with one attached hydrogen (secondary N) is 1. The molecule has 0 unspecified atom stereocenters. The molecular weight excluding hydrogens is 885 g/mol. The Morgan fingerprint density at radius 1 is 0.462 bits per heavy atom. The molecule has 2 aliphatic rings. The van der Waals surface area contributed by atoms with Crippen molar-refractivity contribution < 1.29 is 18.9 Å². The van der Waals surface area contributed by atoms with Gasteiger partial charge in [0.25, 0.3) is 0 Å². The summed E-state index contributed by atoms with van der Waals surface area (Å²) in [6, 6.07) is 32.3. The number of aromatic nitrogens is 4. The molecule has 8 rings (SSSR count). The number of rotatable bonds is 15. The van der Waals surface area contributed by atoms with Crippen LogP contribution in [0.15, 0.2) is 126 Å². The van der Waals surface area contributed by atoms with Crippen LogP contribution >= 0.6 is 15.9 Å². The van der Waals surface area contributed by atoms with Crippen LogP contribution in [0.4, 0.5) is 17.6 Å². The second-order valence-electron chi connectivity index (χ2n) is 15.9. The summed E-state index contributed by atoms with van der Waals surface area (Å²) in [5, 5.41) is 3.27. The molecule has 2 saturated heterocycles. The third-order valence-electron chi connectivity index (χ3n) is 11.1. The second-order valence-corrected chi connectivity index (χ2v) is 16.8. The van der Waals surface area contributed by atoms with Crippen molar-refractivity contribution in [1.82, 2.24) is 35.1 Å². The number of methoxy groups -OCH3 is 4. The molecule has 0 bridgehead atoms. The van der Waals surface area contributed by atoms with Gasteiger partial charge in [0.2, 0.25) is 11.9 Å². The molecule has 4 aromatic carbocycles. The van der Waals surface area contributed by atoms with E-state index in [-0.39, 0.29) is 0 Å². The van der Waals surface area contributed by atoms with Crippen molar-refractivity contribution in [3.8, 4) is 23.0 Å². The van der Waals surface area contributed by atoms with E-state index in [2.05, 4.69) is 118 Å². The summed E-state index contributed by atoms with van der Waals surface area (Å²) < 4.78 is 21.9. The normalized spacial score (nSPS) is 13.9. The highest BCUT2D eigenvalue weighted by Gasteiger charge is 2.18. The fourth-order valence-corrected chi connectivity index (χ4v) is 7.36. The van der Waals surface area contributed by atoms with E-state index < -0.39 is 0 Å². The van der Waals surface area contributed by atoms with Gasteiger partial charge in [-0.15, -0.1) is 0 Å². The van der Waals surface area contributed by atoms with Gasteiger partial charge < -0.3 is 48.8 Å². The maximum Gasteiger partial charge on any atom is 0.225 e. The van der Waals surface area contributed by atoms with Crippen LogP contribution in [-0.4, -0.2) is 125 Å². The van der Waals surface area contributed by atoms with Gasteiger partial charge in [-0.3, -0.25) is 0 Å². The lowest BCUT2D eigenvalue weighted by Crippen LogP contribution is -2.44. The summed E-state index contributed by atoms with van der Waals surface area (Å²) in [6.45, 7) is 11.6. The molecule has 65 heavy (non-hydrogen) atoms. The summed E-state index contributed by atoms with van der Waals surface area (Å²) in [6.07, 6.45) is 7.42. The minimum atomic E-state index is 0.680. The van der Waals surface area contributed by atoms with Gasteiger partial charge in [-0.2, -0.15) is 0 Å². The minimum absolute atomic E-state index is 0.680. The smallest absolute Gasteiger partial charge is 0.225 e. The van der Waals surface area contributed by atoms with E-state index >= 15 is 0 Å². The summed E-state index contributed by atoms with van der Waals surface area (Å²) in [7, 11) is 11.0. The Morgan fingerprint density at radius 3 is 1.06 bits per heavy atom. The van der Waals surface area contributed by atoms with Crippen molar-refractivity contribution in [3.05, 3.63) is 149 Å². The topological polar surface area (TPSA) is 117 Å². The van der Waals surface area contributed by atoms with Crippen molar-refractivity contribution in [3.63, 3.8) is 0 Å². The van der Waals surface area contributed by atoms with Gasteiger partial charge in [0.15, 0.2) is 0 Å². The third-order valence-corrected chi connectivity index (χ3v) is 11.5. The Hall–Kier alpha value is -6.00. The number of likely N-dealkylation sites (N-methyl/N-ethyl adjacent to an activating group) is 2. The van der Waals surface area contributed by atoms with Gasteiger partial charge in [0, 0.05) is 90.9 Å². The maximum atomic E-state index is 5.30. The summed E-state index contributed by atoms with van der Waals surface area (Å²) in [5.41, 5.74) is 5.74. The molecule has 6 aromatic rings. The minimum Gasteiger partial charge on any atom is -0.497 e. The van der Waals surface area contributed by atoms with Crippen molar-refractivity contribution >= 4 is 33.5 Å². The Labute approximate surface area is 393 Å². The van der Waals surface area contributed by atoms with Crippen molar-refractivity contribution in [2.75, 3.05) is 110 Å². The van der Waals surface area contributed by atoms with Crippen LogP contribution in [-0.2, 0) is 26.2 Å². The van der Waals surface area contributed by atoms with Gasteiger partial charge in [-0.1, -0.05) is 48.5 Å². The Balaban J connectivity index is 0.000000190. The van der Waals surface area contributed by atoms with Crippen LogP contribution in [0.3, 0.4) is 0 Å². The number of nitrogens with zero attached hydrogens (tertiary/aromatic N) is 9. The van der Waals surface area contributed by atoms with Crippen molar-refractivity contribution in [2.24, 2.45) is 0 Å². The molecule has 2 fully saturated rings. The Morgan fingerprint density at radius 2 is 0.769 bits per heavy atom. The molecule has 0 atom stereocenters. The number of hydrogen-bond donors (Lipinski definition) is 1. The zero-order chi connectivity index (χ0) is 45.8. The van der Waals surface area contributed by atoms with E-state index in [0.717, 1.165) is 89.5 Å². The monoisotopic (exact) mass is 946 g/mol. The standard InChI is InChI=1S/C25H31N5O2.C20H20BrN3O2.C5H12N2/c1-28-12-14-29(15-13-28)22-16-26-25(27-17-22)30(18-20-4-8-23(31-2)9-5-20)19-21-6-10-24(32-3)11-7-21;1-25-18-7-3-15(4-8-18)13-24(20-22-11-17(21)12-23-20)14-16-5-9-19(26-2)10-6-16;1-7-4-2-6-3-5-7/h4-11,16-17H,12-15,18-19H2,1-3H3;3-12H,13-14H2,1-2H3;6H,2-5H2,1H3. The first-order valence-corrected chi connectivity index (χ1v) is 22.6. The van der Waals surface area contributed by atoms with Gasteiger partial charge in [-0.05, 0) is 101 Å². The molecule has 344 valence electrons. The number of anilines is 3. The lowest BCUT2D eigenvalue weighted by atomic mass is 10.1. The van der Waals surface area contributed by atoms with E-state index in [1.807, 2.05) is 60.9 Å². The zero-order valence-corrected chi connectivity index (χ0v) is 40.2. The summed E-state index contributed by atoms with van der Waals surface area (Å²) >= 11 is 3.39. The largest absolute Gasteiger partial charge is 0.497 e. The lowest BCUT2D eigenvalue weighted by molar-refractivity contribution is 0.291. The molecular formula is C50H63BrN10O4. The second kappa shape index (κ2) is 25.5. The van der Waals surface area contributed by atoms with Crippen molar-refractivity contribution in [2.45, 2.75) is 26.2 Å². The highest BCUT2D eigenvalue weighted by atomic mass is 79.9. The molecule has 1 N–H and O–H groups in total. The molecule has 0 amide bonds. The van der Waals surface area contributed by atoms with Crippen LogP contribution in [0.1, 0.15) is 22.3 Å². The molecule has 0 saturated carbocycles. The summed E-state index contributed by atoms with van der Waals surface area (Å²) in [5.74, 6) is 4.78. The number of halogens is 1. The van der Waals surface area contributed by atoms with E-state index in [4.69, 9.17) is 28.9 Å². The fraction of sp³-hybridized carbons (Fsp3) is 0.360. The number of benzene rings is 4. The average Bonchev–Trinajstić information content (AvgIpc) is 3.36. The first-order valence-electron chi connectivity index (χ1n) is 21.9. The van der Waals surface area contributed by atoms with Gasteiger partial charge in [-0.25, -0.2) is 19.9 Å². The van der Waals surface area contributed by atoms with Crippen LogP contribution in [0.25, 0.3) is 0 Å². The van der Waals surface area contributed by atoms with Crippen LogP contribution in [0.5, 0.6) is 23.0 Å². The first-order chi connectivity index (χ1) is 31.7. The van der Waals surface area contributed by atoms with E-state index in [0.29, 0.717) is 32.1 Å². The number of piperazine rings is 2. The highest BCUT2D eigenvalue weighted by molar-refractivity contribution is 9.10. The third kappa shape index (κ3) is 15.6. The molecule has 4 heterocycles. The zero-order valence-electron chi connectivity index (χ0n) is 38.6. The lowest BCUT2D eigenvalue weighted by Gasteiger charge is -2.33. The highest BCUT2D eigenvalue weighted by Crippen LogP contribution is 2.24. The predicted octanol–water partition coefficient (Wildman–Crippen LogP) is 7.44. The van der Waals surface area contributed by atoms with Gasteiger partial charge >= 0.3 is 0 Å². The molecule has 2 aliphatic heterocycles. The maximum absolute atomic E-state index is 5.30. The summed E-state index contributed by atoms with van der Waals surface area (Å²) in [4.78, 5) is 29.7. The van der Waals surface area contributed by atoms with Crippen LogP contribution in [0.2, 0.25) is 0 Å². The van der Waals surface area contributed by atoms with Gasteiger partial charge in [0.1, 0.15) is 23.0 Å². The molecule has 2 aromatic heterocycles. The van der Waals surface area contributed by atoms with Crippen LogP contribution in [0, 0.1) is 0 Å². The predicted molar refractivity (Wildman–Crippen MR) is 264 cm³/mol. The molecule has 0 spiro atoms. The molecule has 0 aliphatic carbocycles. The van der Waals surface area contributed by atoms with E-state index in [1.54, 1.807) is 40.8 Å². The SMILES string of the molecule is CN1CCNCC1.COc1ccc(CN(Cc2ccc(OC)cc2)c2ncc(Br)cn2)cc1.COc1ccc(CN(Cc2ccc(OC)cc2)c2ncc(N3CCN(C)CC3)cn2)cc1. The number of hydrogen-bond acceptors (Lipinski definition) is 14. The van der Waals surface area contributed by atoms with E-state index in [9.17, 15) is 0 Å². The molecule has 0 radical (unpaired) electrons. The van der Waals surface area contributed by atoms with E-state index in [1.165, 1.54) is 24.2 Å². The fourth-order valence-electron chi connectivity index (χ4n) is 7.15. The first kappa shape index (κ1) is 48.5.